The lowest BCUT2D eigenvalue weighted by Crippen LogP contribution is -2.44. The standard InChI is InChI=1S/C23H19N3O3/c24-15-18-8-12-21(13-9-18)29-16-23(28)26-25-22(27)14-17-6-10-20(11-7-17)19-4-2-1-3-5-19/h1-13H,14,16H2,(H,25,27)(H,26,28). The van der Waals surface area contributed by atoms with E-state index in [1.807, 2.05) is 60.7 Å². The van der Waals surface area contributed by atoms with Crippen LogP contribution in [0.2, 0.25) is 0 Å². The molecule has 0 aliphatic carbocycles. The highest BCUT2D eigenvalue weighted by molar-refractivity contribution is 5.84. The second kappa shape index (κ2) is 9.72. The van der Waals surface area contributed by atoms with E-state index >= 15 is 0 Å². The van der Waals surface area contributed by atoms with Crippen LogP contribution in [0.25, 0.3) is 11.1 Å². The molecule has 29 heavy (non-hydrogen) atoms. The van der Waals surface area contributed by atoms with Gasteiger partial charge >= 0.3 is 0 Å². The molecule has 0 heterocycles. The Hall–Kier alpha value is -4.11. The fourth-order valence-corrected chi connectivity index (χ4v) is 2.63. The van der Waals surface area contributed by atoms with Crippen LogP contribution in [0, 0.1) is 11.3 Å². The first-order valence-corrected chi connectivity index (χ1v) is 8.99. The van der Waals surface area contributed by atoms with E-state index in [9.17, 15) is 9.59 Å². The van der Waals surface area contributed by atoms with Crippen molar-refractivity contribution < 1.29 is 14.3 Å². The number of hydrogen-bond donors (Lipinski definition) is 2. The molecule has 3 rings (SSSR count). The predicted molar refractivity (Wildman–Crippen MR) is 109 cm³/mol. The minimum absolute atomic E-state index is 0.145. The van der Waals surface area contributed by atoms with Crippen LogP contribution in [0.3, 0.4) is 0 Å². The van der Waals surface area contributed by atoms with Gasteiger partial charge in [0.15, 0.2) is 6.61 Å². The maximum Gasteiger partial charge on any atom is 0.276 e. The number of rotatable bonds is 6. The molecule has 0 aromatic heterocycles. The summed E-state index contributed by atoms with van der Waals surface area (Å²) in [4.78, 5) is 23.8. The normalized spacial score (nSPS) is 9.90. The van der Waals surface area contributed by atoms with E-state index in [1.165, 1.54) is 0 Å². The SMILES string of the molecule is N#Cc1ccc(OCC(=O)NNC(=O)Cc2ccc(-c3ccccc3)cc2)cc1. The molecule has 0 fully saturated rings. The molecule has 0 saturated carbocycles. The third kappa shape index (κ3) is 5.94. The molecule has 0 spiro atoms. The van der Waals surface area contributed by atoms with Crippen LogP contribution in [0.5, 0.6) is 5.75 Å². The number of amides is 2. The number of carbonyl (C=O) groups excluding carboxylic acids is 2. The largest absolute Gasteiger partial charge is 0.484 e. The molecule has 0 atom stereocenters. The number of hydrazine groups is 1. The van der Waals surface area contributed by atoms with E-state index in [0.29, 0.717) is 11.3 Å². The number of hydrogen-bond acceptors (Lipinski definition) is 4. The highest BCUT2D eigenvalue weighted by Crippen LogP contribution is 2.19. The molecule has 0 saturated heterocycles. The zero-order valence-corrected chi connectivity index (χ0v) is 15.6. The van der Waals surface area contributed by atoms with Gasteiger partial charge in [-0.25, -0.2) is 0 Å². The summed E-state index contributed by atoms with van der Waals surface area (Å²) >= 11 is 0. The molecule has 2 amide bonds. The van der Waals surface area contributed by atoms with E-state index in [4.69, 9.17) is 10.00 Å². The van der Waals surface area contributed by atoms with Crippen LogP contribution in [-0.4, -0.2) is 18.4 Å². The van der Waals surface area contributed by atoms with Gasteiger partial charge < -0.3 is 4.74 Å². The van der Waals surface area contributed by atoms with Crippen LogP contribution >= 0.6 is 0 Å². The van der Waals surface area contributed by atoms with Crippen LogP contribution in [0.1, 0.15) is 11.1 Å². The third-order valence-electron chi connectivity index (χ3n) is 4.12. The number of carbonyl (C=O) groups is 2. The molecule has 0 bridgehead atoms. The minimum atomic E-state index is -0.484. The lowest BCUT2D eigenvalue weighted by atomic mass is 10.0. The van der Waals surface area contributed by atoms with Gasteiger partial charge in [-0.1, -0.05) is 54.6 Å². The van der Waals surface area contributed by atoms with E-state index in [1.54, 1.807) is 24.3 Å². The Kier molecular flexibility index (Phi) is 6.58. The van der Waals surface area contributed by atoms with Crippen LogP contribution in [-0.2, 0) is 16.0 Å². The average Bonchev–Trinajstić information content (AvgIpc) is 2.78. The highest BCUT2D eigenvalue weighted by Gasteiger charge is 2.07. The van der Waals surface area contributed by atoms with Gasteiger partial charge in [-0.3, -0.25) is 20.4 Å². The summed E-state index contributed by atoms with van der Waals surface area (Å²) < 4.78 is 5.30. The average molecular weight is 385 g/mol. The van der Waals surface area contributed by atoms with Crippen molar-refractivity contribution in [3.63, 3.8) is 0 Å². The number of nitrogens with zero attached hydrogens (tertiary/aromatic N) is 1. The lowest BCUT2D eigenvalue weighted by Gasteiger charge is -2.09. The maximum atomic E-state index is 12.0. The van der Waals surface area contributed by atoms with E-state index in [0.717, 1.165) is 16.7 Å². The summed E-state index contributed by atoms with van der Waals surface area (Å²) in [6, 6.07) is 26.1. The molecule has 3 aromatic rings. The van der Waals surface area contributed by atoms with Gasteiger partial charge in [0, 0.05) is 0 Å². The van der Waals surface area contributed by atoms with Gasteiger partial charge in [0.2, 0.25) is 5.91 Å². The summed E-state index contributed by atoms with van der Waals surface area (Å²) in [7, 11) is 0. The lowest BCUT2D eigenvalue weighted by molar-refractivity contribution is -0.129. The number of nitrogens with one attached hydrogen (secondary N) is 2. The Morgan fingerprint density at radius 2 is 1.41 bits per heavy atom. The van der Waals surface area contributed by atoms with Crippen molar-refractivity contribution in [1.82, 2.24) is 10.9 Å². The van der Waals surface area contributed by atoms with Gasteiger partial charge in [-0.2, -0.15) is 5.26 Å². The zero-order valence-electron chi connectivity index (χ0n) is 15.6. The van der Waals surface area contributed by atoms with E-state index < -0.39 is 5.91 Å². The van der Waals surface area contributed by atoms with Crippen molar-refractivity contribution in [2.75, 3.05) is 6.61 Å². The molecule has 6 nitrogen and oxygen atoms in total. The van der Waals surface area contributed by atoms with Crippen molar-refractivity contribution in [2.24, 2.45) is 0 Å². The van der Waals surface area contributed by atoms with Gasteiger partial charge in [0.1, 0.15) is 5.75 Å². The molecule has 0 unspecified atom stereocenters. The molecule has 0 radical (unpaired) electrons. The quantitative estimate of drug-likeness (QED) is 0.638. The van der Waals surface area contributed by atoms with Crippen LogP contribution in [0.4, 0.5) is 0 Å². The summed E-state index contributed by atoms with van der Waals surface area (Å²) in [5.41, 5.74) is 8.21. The van der Waals surface area contributed by atoms with Gasteiger partial charge in [-0.05, 0) is 41.0 Å². The van der Waals surface area contributed by atoms with Crippen LogP contribution < -0.4 is 15.6 Å². The predicted octanol–water partition coefficient (Wildman–Crippen LogP) is 2.99. The van der Waals surface area contributed by atoms with E-state index in [2.05, 4.69) is 10.9 Å². The van der Waals surface area contributed by atoms with Gasteiger partial charge in [0.25, 0.3) is 5.91 Å². The summed E-state index contributed by atoms with van der Waals surface area (Å²) in [6.07, 6.45) is 0.145. The monoisotopic (exact) mass is 385 g/mol. The molecule has 0 aliphatic heterocycles. The first kappa shape index (κ1) is 19.6. The first-order valence-electron chi connectivity index (χ1n) is 8.99. The topological polar surface area (TPSA) is 91.2 Å². The molecular formula is C23H19N3O3. The Labute approximate surface area is 168 Å². The van der Waals surface area contributed by atoms with Crippen molar-refractivity contribution in [3.8, 4) is 22.9 Å². The van der Waals surface area contributed by atoms with Crippen molar-refractivity contribution in [3.05, 3.63) is 90.0 Å². The molecule has 2 N–H and O–H groups in total. The van der Waals surface area contributed by atoms with Gasteiger partial charge in [-0.15, -0.1) is 0 Å². The summed E-state index contributed by atoms with van der Waals surface area (Å²) in [6.45, 7) is -0.252. The maximum absolute atomic E-state index is 12.0. The summed E-state index contributed by atoms with van der Waals surface area (Å²) in [5, 5.41) is 8.74. The minimum Gasteiger partial charge on any atom is -0.484 e. The highest BCUT2D eigenvalue weighted by atomic mass is 16.5. The fourth-order valence-electron chi connectivity index (χ4n) is 2.63. The molecule has 0 aliphatic rings. The van der Waals surface area contributed by atoms with Crippen molar-refractivity contribution in [2.45, 2.75) is 6.42 Å². The fraction of sp³-hybridized carbons (Fsp3) is 0.0870. The molecule has 144 valence electrons. The Balaban J connectivity index is 1.42. The van der Waals surface area contributed by atoms with Gasteiger partial charge in [0.05, 0.1) is 18.1 Å². The first-order chi connectivity index (χ1) is 14.1. The van der Waals surface area contributed by atoms with Crippen molar-refractivity contribution >= 4 is 11.8 Å². The third-order valence-corrected chi connectivity index (χ3v) is 4.12. The number of nitriles is 1. The Morgan fingerprint density at radius 1 is 0.793 bits per heavy atom. The van der Waals surface area contributed by atoms with Crippen LogP contribution in [0.15, 0.2) is 78.9 Å². The second-order valence-electron chi connectivity index (χ2n) is 6.26. The number of ether oxygens (including phenoxy) is 1. The summed E-state index contributed by atoms with van der Waals surface area (Å²) in [5.74, 6) is -0.352. The molecular weight excluding hydrogens is 366 g/mol. The zero-order chi connectivity index (χ0) is 20.5. The Bertz CT molecular complexity index is 1010. The van der Waals surface area contributed by atoms with Crippen molar-refractivity contribution in [1.29, 1.82) is 5.26 Å². The second-order valence-corrected chi connectivity index (χ2v) is 6.26. The van der Waals surface area contributed by atoms with E-state index in [-0.39, 0.29) is 18.9 Å². The Morgan fingerprint density at radius 3 is 2.07 bits per heavy atom. The number of benzene rings is 3. The molecule has 6 heteroatoms. The smallest absolute Gasteiger partial charge is 0.276 e. The molecule has 3 aromatic carbocycles.